The first-order valence-electron chi connectivity index (χ1n) is 7.06. The predicted octanol–water partition coefficient (Wildman–Crippen LogP) is 2.30. The molecule has 0 aromatic heterocycles. The quantitative estimate of drug-likeness (QED) is 0.810. The van der Waals surface area contributed by atoms with Crippen molar-refractivity contribution >= 4 is 30.7 Å². The lowest BCUT2D eigenvalue weighted by atomic mass is 9.81. The van der Waals surface area contributed by atoms with E-state index < -0.39 is 18.1 Å². The Morgan fingerprint density at radius 3 is 1.82 bits per heavy atom. The van der Waals surface area contributed by atoms with E-state index in [9.17, 15) is 18.0 Å². The third-order valence-corrected chi connectivity index (χ3v) is 4.26. The fourth-order valence-corrected chi connectivity index (χ4v) is 2.63. The van der Waals surface area contributed by atoms with Crippen LogP contribution in [0.3, 0.4) is 0 Å². The SMILES string of the molecule is CCC(CC)(CN)C(=O)N1CCN(CC(F)(F)F)CC1.Cl.Cl. The molecular formula is C13H26Cl2F3N3O. The Balaban J connectivity index is 0. The van der Waals surface area contributed by atoms with E-state index in [4.69, 9.17) is 5.73 Å². The van der Waals surface area contributed by atoms with Crippen LogP contribution < -0.4 is 5.73 Å². The van der Waals surface area contributed by atoms with Gasteiger partial charge in [0.2, 0.25) is 5.91 Å². The summed E-state index contributed by atoms with van der Waals surface area (Å²) in [6, 6.07) is 0. The summed E-state index contributed by atoms with van der Waals surface area (Å²) in [6.45, 7) is 4.44. The molecule has 1 heterocycles. The van der Waals surface area contributed by atoms with Crippen molar-refractivity contribution in [3.8, 4) is 0 Å². The monoisotopic (exact) mass is 367 g/mol. The van der Waals surface area contributed by atoms with Crippen LogP contribution >= 0.6 is 24.8 Å². The number of amides is 1. The van der Waals surface area contributed by atoms with Gasteiger partial charge < -0.3 is 10.6 Å². The number of carbonyl (C=O) groups excluding carboxylic acids is 1. The van der Waals surface area contributed by atoms with Crippen LogP contribution in [0, 0.1) is 5.41 Å². The highest BCUT2D eigenvalue weighted by molar-refractivity contribution is 5.85. The third-order valence-electron chi connectivity index (χ3n) is 4.26. The molecule has 0 aliphatic carbocycles. The van der Waals surface area contributed by atoms with Crippen molar-refractivity contribution < 1.29 is 18.0 Å². The van der Waals surface area contributed by atoms with E-state index in [0.29, 0.717) is 25.9 Å². The Hall–Kier alpha value is -0.240. The third kappa shape index (κ3) is 6.10. The minimum atomic E-state index is -4.18. The summed E-state index contributed by atoms with van der Waals surface area (Å²) in [5.74, 6) is -0.0170. The molecular weight excluding hydrogens is 342 g/mol. The molecule has 1 aliphatic rings. The predicted molar refractivity (Wildman–Crippen MR) is 85.6 cm³/mol. The maximum absolute atomic E-state index is 12.5. The van der Waals surface area contributed by atoms with Gasteiger partial charge in [-0.25, -0.2) is 0 Å². The summed E-state index contributed by atoms with van der Waals surface area (Å²) in [4.78, 5) is 15.5. The van der Waals surface area contributed by atoms with Crippen LogP contribution in [0.2, 0.25) is 0 Å². The summed E-state index contributed by atoms with van der Waals surface area (Å²) in [6.07, 6.45) is -2.87. The van der Waals surface area contributed by atoms with Gasteiger partial charge in [0.05, 0.1) is 12.0 Å². The van der Waals surface area contributed by atoms with E-state index >= 15 is 0 Å². The molecule has 1 rings (SSSR count). The van der Waals surface area contributed by atoms with Crippen LogP contribution in [0.4, 0.5) is 13.2 Å². The Bertz CT molecular complexity index is 323. The second-order valence-electron chi connectivity index (χ2n) is 5.38. The highest BCUT2D eigenvalue weighted by atomic mass is 35.5. The van der Waals surface area contributed by atoms with Crippen molar-refractivity contribution in [2.45, 2.75) is 32.9 Å². The molecule has 134 valence electrons. The van der Waals surface area contributed by atoms with Gasteiger partial charge in [0.1, 0.15) is 0 Å². The van der Waals surface area contributed by atoms with Gasteiger partial charge in [-0.1, -0.05) is 13.8 Å². The Labute approximate surface area is 142 Å². The highest BCUT2D eigenvalue weighted by Crippen LogP contribution is 2.28. The van der Waals surface area contributed by atoms with Gasteiger partial charge in [-0.15, -0.1) is 24.8 Å². The van der Waals surface area contributed by atoms with E-state index in [1.54, 1.807) is 4.90 Å². The number of nitrogens with zero attached hydrogens (tertiary/aromatic N) is 2. The lowest BCUT2D eigenvalue weighted by molar-refractivity contribution is -0.155. The van der Waals surface area contributed by atoms with Crippen molar-refractivity contribution in [2.24, 2.45) is 11.1 Å². The molecule has 0 spiro atoms. The summed E-state index contributed by atoms with van der Waals surface area (Å²) in [7, 11) is 0. The normalized spacial score (nSPS) is 16.7. The Kier molecular flexibility index (Phi) is 10.7. The average Bonchev–Trinajstić information content (AvgIpc) is 2.40. The average molecular weight is 368 g/mol. The van der Waals surface area contributed by atoms with Crippen LogP contribution in [-0.2, 0) is 4.79 Å². The summed E-state index contributed by atoms with van der Waals surface area (Å²) in [5.41, 5.74) is 5.18. The highest BCUT2D eigenvalue weighted by Gasteiger charge is 2.39. The largest absolute Gasteiger partial charge is 0.401 e. The van der Waals surface area contributed by atoms with Gasteiger partial charge in [0, 0.05) is 32.7 Å². The Morgan fingerprint density at radius 2 is 1.50 bits per heavy atom. The van der Waals surface area contributed by atoms with Crippen molar-refractivity contribution in [2.75, 3.05) is 39.3 Å². The summed E-state index contributed by atoms with van der Waals surface area (Å²) < 4.78 is 36.9. The van der Waals surface area contributed by atoms with Crippen molar-refractivity contribution in [1.29, 1.82) is 0 Å². The molecule has 0 aromatic rings. The Morgan fingerprint density at radius 1 is 1.05 bits per heavy atom. The molecule has 9 heteroatoms. The zero-order valence-electron chi connectivity index (χ0n) is 13.0. The second kappa shape index (κ2) is 9.80. The van der Waals surface area contributed by atoms with E-state index in [2.05, 4.69) is 0 Å². The number of hydrogen-bond acceptors (Lipinski definition) is 3. The first kappa shape index (κ1) is 24.0. The maximum atomic E-state index is 12.5. The minimum Gasteiger partial charge on any atom is -0.340 e. The number of piperazine rings is 1. The molecule has 0 aromatic carbocycles. The fourth-order valence-electron chi connectivity index (χ4n) is 2.63. The first-order valence-corrected chi connectivity index (χ1v) is 7.06. The fraction of sp³-hybridized carbons (Fsp3) is 0.923. The van der Waals surface area contributed by atoms with Gasteiger partial charge in [-0.3, -0.25) is 9.69 Å². The number of alkyl halides is 3. The smallest absolute Gasteiger partial charge is 0.340 e. The number of halogens is 5. The number of carbonyl (C=O) groups is 1. The standard InChI is InChI=1S/C13H24F3N3O.2ClH/c1-3-12(4-2,9-17)11(20)19-7-5-18(6-8-19)10-13(14,15)16;;/h3-10,17H2,1-2H3;2*1H. The molecule has 0 unspecified atom stereocenters. The minimum absolute atomic E-state index is 0. The number of nitrogens with two attached hydrogens (primary N) is 1. The number of rotatable bonds is 5. The molecule has 1 amide bonds. The van der Waals surface area contributed by atoms with Gasteiger partial charge in [-0.2, -0.15) is 13.2 Å². The van der Waals surface area contributed by atoms with Gasteiger partial charge in [0.15, 0.2) is 0 Å². The molecule has 0 atom stereocenters. The van der Waals surface area contributed by atoms with Crippen LogP contribution in [0.15, 0.2) is 0 Å². The lowest BCUT2D eigenvalue weighted by Crippen LogP contribution is -2.55. The van der Waals surface area contributed by atoms with Crippen molar-refractivity contribution in [3.63, 3.8) is 0 Å². The molecule has 4 nitrogen and oxygen atoms in total. The molecule has 1 aliphatic heterocycles. The molecule has 0 saturated carbocycles. The van der Waals surface area contributed by atoms with E-state index in [0.717, 1.165) is 0 Å². The van der Waals surface area contributed by atoms with Crippen molar-refractivity contribution in [1.82, 2.24) is 9.80 Å². The maximum Gasteiger partial charge on any atom is 0.401 e. The van der Waals surface area contributed by atoms with Crippen LogP contribution in [0.25, 0.3) is 0 Å². The molecule has 22 heavy (non-hydrogen) atoms. The summed E-state index contributed by atoms with van der Waals surface area (Å²) in [5, 5.41) is 0. The van der Waals surface area contributed by atoms with Crippen LogP contribution in [0.5, 0.6) is 0 Å². The second-order valence-corrected chi connectivity index (χ2v) is 5.38. The number of hydrogen-bond donors (Lipinski definition) is 1. The first-order chi connectivity index (χ1) is 9.28. The molecule has 1 saturated heterocycles. The zero-order valence-corrected chi connectivity index (χ0v) is 14.6. The van der Waals surface area contributed by atoms with Crippen molar-refractivity contribution in [3.05, 3.63) is 0 Å². The van der Waals surface area contributed by atoms with E-state index in [-0.39, 0.29) is 50.4 Å². The lowest BCUT2D eigenvalue weighted by Gasteiger charge is -2.40. The van der Waals surface area contributed by atoms with Gasteiger partial charge in [-0.05, 0) is 12.8 Å². The molecule has 0 bridgehead atoms. The van der Waals surface area contributed by atoms with E-state index in [1.807, 2.05) is 13.8 Å². The summed E-state index contributed by atoms with van der Waals surface area (Å²) >= 11 is 0. The topological polar surface area (TPSA) is 49.6 Å². The van der Waals surface area contributed by atoms with Crippen LogP contribution in [0.1, 0.15) is 26.7 Å². The molecule has 0 radical (unpaired) electrons. The van der Waals surface area contributed by atoms with Gasteiger partial charge in [0.25, 0.3) is 0 Å². The van der Waals surface area contributed by atoms with Crippen LogP contribution in [-0.4, -0.2) is 61.2 Å². The molecule has 2 N–H and O–H groups in total. The zero-order chi connectivity index (χ0) is 15.4. The van der Waals surface area contributed by atoms with E-state index in [1.165, 1.54) is 4.90 Å². The molecule has 1 fully saturated rings. The van der Waals surface area contributed by atoms with Gasteiger partial charge >= 0.3 is 6.18 Å².